The standard InChI is InChI=1S/C17H17N5S/c1-12-5-3-6-14(9-12)20-17(21-15-7-4-8-19-11-15)22-16(18)10-13(2)23-22/h3-11,18H,1-2H3,(H,20,21). The highest BCUT2D eigenvalue weighted by atomic mass is 32.1. The molecular weight excluding hydrogens is 306 g/mol. The Morgan fingerprint density at radius 1 is 1.22 bits per heavy atom. The van der Waals surface area contributed by atoms with Crippen molar-refractivity contribution in [3.05, 3.63) is 70.8 Å². The number of rotatable bonds is 2. The van der Waals surface area contributed by atoms with Crippen LogP contribution in [0.3, 0.4) is 0 Å². The summed E-state index contributed by atoms with van der Waals surface area (Å²) < 4.78 is 1.77. The lowest BCUT2D eigenvalue weighted by Crippen LogP contribution is -2.28. The van der Waals surface area contributed by atoms with Crippen LogP contribution in [-0.4, -0.2) is 14.9 Å². The van der Waals surface area contributed by atoms with Crippen molar-refractivity contribution in [2.45, 2.75) is 13.8 Å². The second kappa shape index (κ2) is 6.58. The molecule has 0 amide bonds. The molecule has 3 rings (SSSR count). The summed E-state index contributed by atoms with van der Waals surface area (Å²) in [7, 11) is 0. The van der Waals surface area contributed by atoms with Gasteiger partial charge in [-0.25, -0.2) is 8.95 Å². The number of aliphatic imine (C=N–C) groups is 1. The second-order valence-electron chi connectivity index (χ2n) is 5.17. The number of aromatic nitrogens is 2. The van der Waals surface area contributed by atoms with E-state index in [0.717, 1.165) is 21.8 Å². The van der Waals surface area contributed by atoms with Crippen LogP contribution in [0, 0.1) is 19.3 Å². The van der Waals surface area contributed by atoms with Crippen molar-refractivity contribution in [3.8, 4) is 0 Å². The van der Waals surface area contributed by atoms with Crippen molar-refractivity contribution in [1.29, 1.82) is 5.41 Å². The molecule has 6 heteroatoms. The van der Waals surface area contributed by atoms with Gasteiger partial charge in [0.2, 0.25) is 5.96 Å². The van der Waals surface area contributed by atoms with E-state index in [1.807, 2.05) is 56.3 Å². The first-order valence-corrected chi connectivity index (χ1v) is 7.96. The summed E-state index contributed by atoms with van der Waals surface area (Å²) in [5.41, 5.74) is 3.21. The van der Waals surface area contributed by atoms with Crippen LogP contribution in [0.15, 0.2) is 59.9 Å². The molecule has 0 aliphatic heterocycles. The second-order valence-corrected chi connectivity index (χ2v) is 6.36. The molecule has 0 unspecified atom stereocenters. The number of hydrogen-bond acceptors (Lipinski definition) is 4. The van der Waals surface area contributed by atoms with Gasteiger partial charge < -0.3 is 5.32 Å². The number of benzene rings is 1. The zero-order chi connectivity index (χ0) is 16.2. The molecule has 0 bridgehead atoms. The van der Waals surface area contributed by atoms with Crippen LogP contribution in [0.5, 0.6) is 0 Å². The van der Waals surface area contributed by atoms with Crippen molar-refractivity contribution in [2.24, 2.45) is 4.99 Å². The molecule has 1 aromatic carbocycles. The molecule has 0 fully saturated rings. The van der Waals surface area contributed by atoms with Crippen LogP contribution in [0.2, 0.25) is 0 Å². The quantitative estimate of drug-likeness (QED) is 0.558. The fourth-order valence-electron chi connectivity index (χ4n) is 2.14. The molecule has 0 saturated carbocycles. The maximum Gasteiger partial charge on any atom is 0.223 e. The van der Waals surface area contributed by atoms with Crippen molar-refractivity contribution in [3.63, 3.8) is 0 Å². The summed E-state index contributed by atoms with van der Waals surface area (Å²) in [6.07, 6.45) is 3.46. The van der Waals surface area contributed by atoms with E-state index in [1.165, 1.54) is 11.5 Å². The normalized spacial score (nSPS) is 11.5. The largest absolute Gasteiger partial charge is 0.323 e. The predicted molar refractivity (Wildman–Crippen MR) is 94.4 cm³/mol. The average Bonchev–Trinajstić information content (AvgIpc) is 2.86. The Labute approximate surface area is 138 Å². The third-order valence-electron chi connectivity index (χ3n) is 3.14. The molecular formula is C17H17N5S. The van der Waals surface area contributed by atoms with E-state index < -0.39 is 0 Å². The molecule has 0 saturated heterocycles. The summed E-state index contributed by atoms with van der Waals surface area (Å²) in [5.74, 6) is 0.590. The van der Waals surface area contributed by atoms with E-state index in [0.29, 0.717) is 11.4 Å². The molecule has 5 nitrogen and oxygen atoms in total. The van der Waals surface area contributed by atoms with E-state index in [4.69, 9.17) is 10.4 Å². The fraction of sp³-hybridized carbons (Fsp3) is 0.118. The summed E-state index contributed by atoms with van der Waals surface area (Å²) in [6, 6.07) is 13.6. The van der Waals surface area contributed by atoms with Gasteiger partial charge in [-0.3, -0.25) is 10.4 Å². The number of hydrogen-bond donors (Lipinski definition) is 2. The SMILES string of the molecule is Cc1cccc(N=C(Nc2cccnc2)n2sc(C)cc2=N)c1. The predicted octanol–water partition coefficient (Wildman–Crippen LogP) is 3.69. The van der Waals surface area contributed by atoms with Crippen molar-refractivity contribution in [1.82, 2.24) is 8.94 Å². The molecule has 2 heterocycles. The van der Waals surface area contributed by atoms with Gasteiger partial charge in [0, 0.05) is 11.1 Å². The van der Waals surface area contributed by atoms with Crippen molar-refractivity contribution >= 4 is 28.9 Å². The molecule has 0 aliphatic carbocycles. The lowest BCUT2D eigenvalue weighted by Gasteiger charge is -2.10. The number of aryl methyl sites for hydroxylation is 2. The Hall–Kier alpha value is -2.73. The highest BCUT2D eigenvalue weighted by molar-refractivity contribution is 7.07. The van der Waals surface area contributed by atoms with Crippen LogP contribution in [-0.2, 0) is 0 Å². The Morgan fingerprint density at radius 2 is 2.09 bits per heavy atom. The molecule has 2 aromatic heterocycles. The van der Waals surface area contributed by atoms with E-state index in [2.05, 4.69) is 10.3 Å². The lowest BCUT2D eigenvalue weighted by atomic mass is 10.2. The lowest BCUT2D eigenvalue weighted by molar-refractivity contribution is 1.07. The van der Waals surface area contributed by atoms with Crippen molar-refractivity contribution in [2.75, 3.05) is 5.32 Å². The molecule has 116 valence electrons. The van der Waals surface area contributed by atoms with E-state index in [1.54, 1.807) is 16.4 Å². The van der Waals surface area contributed by atoms with Gasteiger partial charge >= 0.3 is 0 Å². The maximum absolute atomic E-state index is 8.13. The number of pyridine rings is 1. The molecule has 0 spiro atoms. The Balaban J connectivity index is 2.06. The first kappa shape index (κ1) is 15.2. The molecule has 0 aliphatic rings. The van der Waals surface area contributed by atoms with Gasteiger partial charge in [-0.05, 0) is 49.7 Å². The van der Waals surface area contributed by atoms with Gasteiger partial charge in [0.1, 0.15) is 5.49 Å². The molecule has 23 heavy (non-hydrogen) atoms. The van der Waals surface area contributed by atoms with Crippen LogP contribution in [0.25, 0.3) is 0 Å². The molecule has 2 N–H and O–H groups in total. The Morgan fingerprint density at radius 3 is 2.74 bits per heavy atom. The fourth-order valence-corrected chi connectivity index (χ4v) is 2.91. The minimum Gasteiger partial charge on any atom is -0.323 e. The number of nitrogens with zero attached hydrogens (tertiary/aromatic N) is 3. The first-order chi connectivity index (χ1) is 11.1. The number of nitrogens with one attached hydrogen (secondary N) is 2. The smallest absolute Gasteiger partial charge is 0.223 e. The number of anilines is 1. The maximum atomic E-state index is 8.13. The third kappa shape index (κ3) is 3.73. The van der Waals surface area contributed by atoms with Crippen LogP contribution >= 0.6 is 11.5 Å². The third-order valence-corrected chi connectivity index (χ3v) is 4.10. The van der Waals surface area contributed by atoms with E-state index in [9.17, 15) is 0 Å². The Bertz CT molecular complexity index is 893. The van der Waals surface area contributed by atoms with Gasteiger partial charge in [0.15, 0.2) is 0 Å². The van der Waals surface area contributed by atoms with Crippen molar-refractivity contribution < 1.29 is 0 Å². The molecule has 0 radical (unpaired) electrons. The summed E-state index contributed by atoms with van der Waals surface area (Å²) in [6.45, 7) is 4.01. The summed E-state index contributed by atoms with van der Waals surface area (Å²) >= 11 is 1.48. The van der Waals surface area contributed by atoms with Gasteiger partial charge in [0.25, 0.3) is 0 Å². The monoisotopic (exact) mass is 323 g/mol. The Kier molecular flexibility index (Phi) is 4.34. The minimum absolute atomic E-state index is 0.398. The minimum atomic E-state index is 0.398. The van der Waals surface area contributed by atoms with E-state index >= 15 is 0 Å². The van der Waals surface area contributed by atoms with Gasteiger partial charge in [-0.15, -0.1) is 0 Å². The average molecular weight is 323 g/mol. The molecule has 0 atom stereocenters. The zero-order valence-corrected chi connectivity index (χ0v) is 13.8. The zero-order valence-electron chi connectivity index (χ0n) is 12.9. The van der Waals surface area contributed by atoms with Gasteiger partial charge in [0.05, 0.1) is 17.6 Å². The summed E-state index contributed by atoms with van der Waals surface area (Å²) in [5, 5.41) is 11.4. The van der Waals surface area contributed by atoms with Gasteiger partial charge in [-0.1, -0.05) is 23.7 Å². The highest BCUT2D eigenvalue weighted by Gasteiger charge is 2.08. The topological polar surface area (TPSA) is 66.1 Å². The van der Waals surface area contributed by atoms with Crippen LogP contribution < -0.4 is 10.8 Å². The highest BCUT2D eigenvalue weighted by Crippen LogP contribution is 2.16. The molecule has 3 aromatic rings. The van der Waals surface area contributed by atoms with E-state index in [-0.39, 0.29) is 0 Å². The summed E-state index contributed by atoms with van der Waals surface area (Å²) in [4.78, 5) is 9.86. The van der Waals surface area contributed by atoms with Gasteiger partial charge in [-0.2, -0.15) is 0 Å². The first-order valence-electron chi connectivity index (χ1n) is 7.19. The van der Waals surface area contributed by atoms with Crippen LogP contribution in [0.1, 0.15) is 10.4 Å². The van der Waals surface area contributed by atoms with Crippen LogP contribution in [0.4, 0.5) is 11.4 Å².